The summed E-state index contributed by atoms with van der Waals surface area (Å²) in [6.45, 7) is 8.14. The summed E-state index contributed by atoms with van der Waals surface area (Å²) in [4.78, 5) is 13.0. The van der Waals surface area contributed by atoms with Crippen molar-refractivity contribution in [2.45, 2.75) is 51.6 Å². The first kappa shape index (κ1) is 17.5. The molecule has 0 unspecified atom stereocenters. The fraction of sp³-hybridized carbons (Fsp3) is 0.588. The summed E-state index contributed by atoms with van der Waals surface area (Å²) < 4.78 is 1.85. The number of non-ortho nitro benzene ring substituents is 1. The fourth-order valence-electron chi connectivity index (χ4n) is 3.32. The largest absolute Gasteiger partial charge is 0.290 e. The number of benzene rings is 1. The number of nitro benzene ring substituents is 1. The molecule has 0 spiro atoms. The van der Waals surface area contributed by atoms with Gasteiger partial charge in [0.1, 0.15) is 0 Å². The van der Waals surface area contributed by atoms with E-state index in [1.807, 2.05) is 16.8 Å². The molecule has 1 aliphatic rings. The lowest BCUT2D eigenvalue weighted by Crippen LogP contribution is -2.38. The lowest BCUT2D eigenvalue weighted by Gasteiger charge is -2.35. The molecule has 2 heterocycles. The molecule has 1 saturated heterocycles. The van der Waals surface area contributed by atoms with E-state index in [9.17, 15) is 10.1 Å². The zero-order valence-corrected chi connectivity index (χ0v) is 14.9. The second kappa shape index (κ2) is 6.87. The Morgan fingerprint density at radius 3 is 2.32 bits per heavy atom. The normalized spacial score (nSPS) is 17.4. The van der Waals surface area contributed by atoms with E-state index in [4.69, 9.17) is 0 Å². The van der Waals surface area contributed by atoms with Gasteiger partial charge >= 0.3 is 0 Å². The SMILES string of the molecule is CC(C)(C)n1nnnc1[C@@H](c1ccc([N+](=O)[O-])cc1)N1CCCCC1. The number of hydrogen-bond donors (Lipinski definition) is 0. The zero-order valence-electron chi connectivity index (χ0n) is 14.9. The van der Waals surface area contributed by atoms with Crippen LogP contribution < -0.4 is 0 Å². The van der Waals surface area contributed by atoms with Gasteiger partial charge in [-0.15, -0.1) is 5.10 Å². The van der Waals surface area contributed by atoms with Crippen LogP contribution in [-0.4, -0.2) is 43.1 Å². The van der Waals surface area contributed by atoms with E-state index in [1.54, 1.807) is 12.1 Å². The Morgan fingerprint density at radius 1 is 1.12 bits per heavy atom. The van der Waals surface area contributed by atoms with Gasteiger partial charge in [0.2, 0.25) is 0 Å². The van der Waals surface area contributed by atoms with Gasteiger partial charge in [-0.1, -0.05) is 18.6 Å². The summed E-state index contributed by atoms with van der Waals surface area (Å²) in [7, 11) is 0. The van der Waals surface area contributed by atoms with Gasteiger partial charge in [-0.25, -0.2) is 4.68 Å². The first-order valence-electron chi connectivity index (χ1n) is 8.65. The lowest BCUT2D eigenvalue weighted by atomic mass is 9.99. The predicted molar refractivity (Wildman–Crippen MR) is 93.2 cm³/mol. The first-order valence-corrected chi connectivity index (χ1v) is 8.65. The van der Waals surface area contributed by atoms with Crippen LogP contribution in [0.4, 0.5) is 5.69 Å². The van der Waals surface area contributed by atoms with E-state index in [2.05, 4.69) is 41.2 Å². The second-order valence-corrected chi connectivity index (χ2v) is 7.47. The van der Waals surface area contributed by atoms with Crippen LogP contribution in [-0.2, 0) is 5.54 Å². The second-order valence-electron chi connectivity index (χ2n) is 7.47. The molecule has 25 heavy (non-hydrogen) atoms. The number of tetrazole rings is 1. The monoisotopic (exact) mass is 344 g/mol. The molecule has 1 aliphatic heterocycles. The minimum absolute atomic E-state index is 0.0940. The van der Waals surface area contributed by atoms with Gasteiger partial charge < -0.3 is 0 Å². The van der Waals surface area contributed by atoms with Crippen LogP contribution in [0.2, 0.25) is 0 Å². The highest BCUT2D eigenvalue weighted by Gasteiger charge is 2.32. The van der Waals surface area contributed by atoms with Crippen molar-refractivity contribution in [1.29, 1.82) is 0 Å². The van der Waals surface area contributed by atoms with Gasteiger partial charge in [0.25, 0.3) is 5.69 Å². The molecule has 0 amide bonds. The van der Waals surface area contributed by atoms with Crippen molar-refractivity contribution in [3.05, 3.63) is 45.8 Å². The molecular formula is C17H24N6O2. The van der Waals surface area contributed by atoms with E-state index in [-0.39, 0.29) is 22.2 Å². The fourth-order valence-corrected chi connectivity index (χ4v) is 3.32. The van der Waals surface area contributed by atoms with E-state index < -0.39 is 0 Å². The number of hydrogen-bond acceptors (Lipinski definition) is 6. The number of nitrogens with zero attached hydrogens (tertiary/aromatic N) is 6. The highest BCUT2D eigenvalue weighted by Crippen LogP contribution is 2.32. The molecule has 1 aromatic carbocycles. The minimum atomic E-state index is -0.376. The van der Waals surface area contributed by atoms with Crippen molar-refractivity contribution in [3.63, 3.8) is 0 Å². The summed E-state index contributed by atoms with van der Waals surface area (Å²) in [5.74, 6) is 0.781. The standard InChI is InChI=1S/C17H24N6O2/c1-17(2,3)22-16(18-19-20-22)15(21-11-5-4-6-12-21)13-7-9-14(10-8-13)23(24)25/h7-10,15H,4-6,11-12H2,1-3H3/t15-/m1/s1. The molecule has 0 aliphatic carbocycles. The van der Waals surface area contributed by atoms with Crippen LogP contribution in [0.25, 0.3) is 0 Å². The Bertz CT molecular complexity index is 728. The van der Waals surface area contributed by atoms with Crippen molar-refractivity contribution in [1.82, 2.24) is 25.1 Å². The van der Waals surface area contributed by atoms with Crippen molar-refractivity contribution in [3.8, 4) is 0 Å². The van der Waals surface area contributed by atoms with Crippen LogP contribution >= 0.6 is 0 Å². The van der Waals surface area contributed by atoms with Gasteiger partial charge in [0, 0.05) is 12.1 Å². The summed E-state index contributed by atoms with van der Waals surface area (Å²) >= 11 is 0. The lowest BCUT2D eigenvalue weighted by molar-refractivity contribution is -0.384. The molecule has 8 heteroatoms. The molecule has 1 fully saturated rings. The highest BCUT2D eigenvalue weighted by atomic mass is 16.6. The molecule has 1 aromatic heterocycles. The van der Waals surface area contributed by atoms with Gasteiger partial charge in [0.05, 0.1) is 16.5 Å². The quantitative estimate of drug-likeness (QED) is 0.626. The molecule has 134 valence electrons. The topological polar surface area (TPSA) is 90.0 Å². The smallest absolute Gasteiger partial charge is 0.269 e. The minimum Gasteiger partial charge on any atom is -0.290 e. The van der Waals surface area contributed by atoms with Crippen molar-refractivity contribution in [2.24, 2.45) is 0 Å². The predicted octanol–water partition coefficient (Wildman–Crippen LogP) is 2.91. The maximum Gasteiger partial charge on any atom is 0.269 e. The molecule has 0 bridgehead atoms. The van der Waals surface area contributed by atoms with Crippen LogP contribution in [0, 0.1) is 10.1 Å². The van der Waals surface area contributed by atoms with E-state index >= 15 is 0 Å². The van der Waals surface area contributed by atoms with Crippen molar-refractivity contribution >= 4 is 5.69 Å². The number of likely N-dealkylation sites (tertiary alicyclic amines) is 1. The summed E-state index contributed by atoms with van der Waals surface area (Å²) in [6, 6.07) is 6.64. The number of rotatable bonds is 4. The molecular weight excluding hydrogens is 320 g/mol. The highest BCUT2D eigenvalue weighted by molar-refractivity contribution is 5.36. The average molecular weight is 344 g/mol. The third kappa shape index (κ3) is 3.68. The molecule has 8 nitrogen and oxygen atoms in total. The molecule has 0 N–H and O–H groups in total. The van der Waals surface area contributed by atoms with Crippen LogP contribution in [0.3, 0.4) is 0 Å². The number of piperidine rings is 1. The van der Waals surface area contributed by atoms with Gasteiger partial charge in [-0.2, -0.15) is 0 Å². The summed E-state index contributed by atoms with van der Waals surface area (Å²) in [5, 5.41) is 23.4. The van der Waals surface area contributed by atoms with Crippen LogP contribution in [0.15, 0.2) is 24.3 Å². The third-order valence-corrected chi connectivity index (χ3v) is 4.55. The summed E-state index contributed by atoms with van der Waals surface area (Å²) in [6.07, 6.45) is 3.51. The average Bonchev–Trinajstić information content (AvgIpc) is 3.06. The zero-order chi connectivity index (χ0) is 18.0. The number of nitro groups is 1. The van der Waals surface area contributed by atoms with E-state index in [0.717, 1.165) is 37.3 Å². The molecule has 1 atom stereocenters. The van der Waals surface area contributed by atoms with E-state index in [1.165, 1.54) is 6.42 Å². The Hall–Kier alpha value is -2.35. The van der Waals surface area contributed by atoms with Crippen molar-refractivity contribution < 1.29 is 4.92 Å². The molecule has 2 aromatic rings. The number of aromatic nitrogens is 4. The van der Waals surface area contributed by atoms with E-state index in [0.29, 0.717) is 0 Å². The van der Waals surface area contributed by atoms with Gasteiger partial charge in [-0.3, -0.25) is 15.0 Å². The molecule has 0 saturated carbocycles. The molecule has 0 radical (unpaired) electrons. The Labute approximate surface area is 147 Å². The first-order chi connectivity index (χ1) is 11.9. The maximum absolute atomic E-state index is 11.0. The molecule has 3 rings (SSSR count). The van der Waals surface area contributed by atoms with Crippen LogP contribution in [0.5, 0.6) is 0 Å². The third-order valence-electron chi connectivity index (χ3n) is 4.55. The Morgan fingerprint density at radius 2 is 1.76 bits per heavy atom. The van der Waals surface area contributed by atoms with Gasteiger partial charge in [-0.05, 0) is 62.7 Å². The Kier molecular flexibility index (Phi) is 4.80. The van der Waals surface area contributed by atoms with Gasteiger partial charge in [0.15, 0.2) is 5.82 Å². The van der Waals surface area contributed by atoms with Crippen LogP contribution in [0.1, 0.15) is 57.5 Å². The maximum atomic E-state index is 11.0. The van der Waals surface area contributed by atoms with Crippen molar-refractivity contribution in [2.75, 3.05) is 13.1 Å². The Balaban J connectivity index is 2.04. The summed E-state index contributed by atoms with van der Waals surface area (Å²) in [5.41, 5.74) is 0.831.